The summed E-state index contributed by atoms with van der Waals surface area (Å²) in [6.45, 7) is 4.90. The zero-order valence-electron chi connectivity index (χ0n) is 26.6. The van der Waals surface area contributed by atoms with Gasteiger partial charge < -0.3 is 25.6 Å². The molecule has 2 aromatic carbocycles. The summed E-state index contributed by atoms with van der Waals surface area (Å²) < 4.78 is 5.23. The van der Waals surface area contributed by atoms with Crippen molar-refractivity contribution in [1.29, 1.82) is 0 Å². The first-order chi connectivity index (χ1) is 22.3. The molecule has 0 aliphatic carbocycles. The maximum Gasteiger partial charge on any atom is 0.316 e. The number of rotatable bonds is 16. The number of methoxy groups -OCH3 is 1. The predicted octanol–water partition coefficient (Wildman–Crippen LogP) is 3.66. The quantitative estimate of drug-likeness (QED) is 0.0932. The molecule has 246 valence electrons. The smallest absolute Gasteiger partial charge is 0.316 e. The number of non-ortho nitro benzene ring substituents is 1. The summed E-state index contributed by atoms with van der Waals surface area (Å²) in [6, 6.07) is 15.5. The van der Waals surface area contributed by atoms with E-state index in [1.54, 1.807) is 17.0 Å². The van der Waals surface area contributed by atoms with Crippen LogP contribution >= 0.6 is 0 Å². The summed E-state index contributed by atoms with van der Waals surface area (Å²) in [4.78, 5) is 57.2. The van der Waals surface area contributed by atoms with Crippen molar-refractivity contribution in [2.75, 3.05) is 39.8 Å². The molecule has 1 fully saturated rings. The number of piperidine rings is 1. The molecule has 0 saturated carbocycles. The van der Waals surface area contributed by atoms with Crippen molar-refractivity contribution < 1.29 is 24.0 Å². The molecule has 12 nitrogen and oxygen atoms in total. The Hall–Kier alpha value is -4.42. The topological polar surface area (TPSA) is 160 Å². The molecule has 2 amide bonds. The fourth-order valence-corrected chi connectivity index (χ4v) is 6.74. The molecule has 2 unspecified atom stereocenters. The minimum atomic E-state index is -0.679. The van der Waals surface area contributed by atoms with Gasteiger partial charge in [0.05, 0.1) is 40.8 Å². The summed E-state index contributed by atoms with van der Waals surface area (Å²) >= 11 is 0. The highest BCUT2D eigenvalue weighted by atomic mass is 16.6. The monoisotopic (exact) mass is 632 g/mol. The zero-order chi connectivity index (χ0) is 33.1. The number of allylic oxidation sites excluding steroid dienone is 1. The molecule has 2 atom stereocenters. The van der Waals surface area contributed by atoms with Crippen LogP contribution in [0.1, 0.15) is 62.5 Å². The SMILES string of the molecule is COC(=O)C1(c2ccccc2)CCN(CCCN(C=O)C2=C(CCCCN)N=C(C)C(NC=O)C2c2ccc([N+](=O)[O-])cc2)CC1. The number of likely N-dealkylation sites (tertiary alicyclic amines) is 1. The van der Waals surface area contributed by atoms with E-state index in [0.29, 0.717) is 76.2 Å². The van der Waals surface area contributed by atoms with E-state index >= 15 is 0 Å². The summed E-state index contributed by atoms with van der Waals surface area (Å²) in [6.07, 6.45) is 5.50. The predicted molar refractivity (Wildman–Crippen MR) is 175 cm³/mol. The van der Waals surface area contributed by atoms with Crippen LogP contribution in [0, 0.1) is 10.1 Å². The van der Waals surface area contributed by atoms with Crippen molar-refractivity contribution in [2.24, 2.45) is 10.7 Å². The standard InChI is InChI=1S/C34H44N6O6/c1-25-31(36-23-41)30(26-12-14-28(15-13-26)40(44)45)32(29(37-25)11-6-7-18-35)39(24-42)20-8-19-38-21-16-34(17-22-38,33(43)46-2)27-9-4-3-5-10-27/h3-5,9-10,12-15,23-24,30-31H,6-8,11,16-22,35H2,1-2H3,(H,36,41). The summed E-state index contributed by atoms with van der Waals surface area (Å²) in [7, 11) is 1.43. The Morgan fingerprint density at radius 1 is 1.13 bits per heavy atom. The zero-order valence-corrected chi connectivity index (χ0v) is 26.6. The van der Waals surface area contributed by atoms with Crippen LogP contribution in [-0.2, 0) is 24.5 Å². The molecular weight excluding hydrogens is 588 g/mol. The molecule has 0 aromatic heterocycles. The molecule has 0 spiro atoms. The van der Waals surface area contributed by atoms with Gasteiger partial charge in [-0.3, -0.25) is 29.5 Å². The van der Waals surface area contributed by atoms with E-state index in [2.05, 4.69) is 10.2 Å². The number of nitro groups is 1. The molecule has 4 rings (SSSR count). The van der Waals surface area contributed by atoms with Crippen LogP contribution in [0.25, 0.3) is 0 Å². The number of esters is 1. The van der Waals surface area contributed by atoms with Gasteiger partial charge in [0.15, 0.2) is 0 Å². The van der Waals surface area contributed by atoms with E-state index in [1.807, 2.05) is 37.3 Å². The number of carbonyl (C=O) groups excluding carboxylic acids is 3. The third-order valence-corrected chi connectivity index (χ3v) is 9.19. The Balaban J connectivity index is 1.56. The van der Waals surface area contributed by atoms with E-state index in [4.69, 9.17) is 15.5 Å². The third kappa shape index (κ3) is 7.68. The average Bonchev–Trinajstić information content (AvgIpc) is 3.08. The lowest BCUT2D eigenvalue weighted by atomic mass is 9.72. The van der Waals surface area contributed by atoms with Gasteiger partial charge >= 0.3 is 5.97 Å². The number of nitrogens with zero attached hydrogens (tertiary/aromatic N) is 4. The van der Waals surface area contributed by atoms with E-state index in [1.165, 1.54) is 19.2 Å². The van der Waals surface area contributed by atoms with Crippen LogP contribution in [-0.4, -0.2) is 85.1 Å². The van der Waals surface area contributed by atoms with Crippen molar-refractivity contribution in [2.45, 2.75) is 62.8 Å². The first kappa shape index (κ1) is 34.5. The summed E-state index contributed by atoms with van der Waals surface area (Å²) in [5.74, 6) is -0.702. The molecule has 2 aliphatic heterocycles. The normalized spacial score (nSPS) is 19.6. The molecule has 3 N–H and O–H groups in total. The number of amides is 2. The fourth-order valence-electron chi connectivity index (χ4n) is 6.74. The van der Waals surface area contributed by atoms with Gasteiger partial charge in [0.25, 0.3) is 5.69 Å². The van der Waals surface area contributed by atoms with Gasteiger partial charge in [-0.05, 0) is 82.8 Å². The molecule has 0 bridgehead atoms. The highest BCUT2D eigenvalue weighted by molar-refractivity contribution is 5.92. The van der Waals surface area contributed by atoms with E-state index in [0.717, 1.165) is 36.1 Å². The Labute approximate surface area is 269 Å². The average molecular weight is 633 g/mol. The molecule has 2 aliphatic rings. The number of nitro benzene ring substituents is 1. The van der Waals surface area contributed by atoms with Crippen LogP contribution in [0.4, 0.5) is 5.69 Å². The second-order valence-electron chi connectivity index (χ2n) is 11.9. The van der Waals surface area contributed by atoms with Crippen LogP contribution < -0.4 is 11.1 Å². The molecule has 2 heterocycles. The van der Waals surface area contributed by atoms with Crippen molar-refractivity contribution in [3.63, 3.8) is 0 Å². The molecule has 0 radical (unpaired) electrons. The fraction of sp³-hybridized carbons (Fsp3) is 0.471. The summed E-state index contributed by atoms with van der Waals surface area (Å²) in [5, 5.41) is 14.2. The highest BCUT2D eigenvalue weighted by Crippen LogP contribution is 2.39. The molecular formula is C34H44N6O6. The van der Waals surface area contributed by atoms with Crippen molar-refractivity contribution in [3.8, 4) is 0 Å². The van der Waals surface area contributed by atoms with E-state index in [9.17, 15) is 24.5 Å². The van der Waals surface area contributed by atoms with Crippen LogP contribution in [0.3, 0.4) is 0 Å². The van der Waals surface area contributed by atoms with Crippen molar-refractivity contribution >= 4 is 30.2 Å². The summed E-state index contributed by atoms with van der Waals surface area (Å²) in [5.41, 5.74) is 8.85. The van der Waals surface area contributed by atoms with Gasteiger partial charge in [0.2, 0.25) is 12.8 Å². The van der Waals surface area contributed by atoms with Gasteiger partial charge in [0, 0.05) is 24.4 Å². The number of nitrogens with one attached hydrogen (secondary N) is 1. The number of aliphatic imine (C=N–C) groups is 1. The number of carbonyl (C=O) groups is 3. The Bertz CT molecular complexity index is 1420. The Kier molecular flexibility index (Phi) is 12.2. The largest absolute Gasteiger partial charge is 0.468 e. The molecule has 12 heteroatoms. The minimum Gasteiger partial charge on any atom is -0.468 e. The maximum absolute atomic E-state index is 13.0. The number of unbranched alkanes of at least 4 members (excludes halogenated alkanes) is 1. The van der Waals surface area contributed by atoms with Crippen molar-refractivity contribution in [3.05, 3.63) is 87.2 Å². The second-order valence-corrected chi connectivity index (χ2v) is 11.9. The van der Waals surface area contributed by atoms with Crippen LogP contribution in [0.5, 0.6) is 0 Å². The number of nitrogens with two attached hydrogens (primary N) is 1. The first-order valence-corrected chi connectivity index (χ1v) is 15.8. The van der Waals surface area contributed by atoms with Gasteiger partial charge in [-0.25, -0.2) is 0 Å². The van der Waals surface area contributed by atoms with Gasteiger partial charge in [-0.15, -0.1) is 0 Å². The number of hydrogen-bond acceptors (Lipinski definition) is 9. The lowest BCUT2D eigenvalue weighted by molar-refractivity contribution is -0.384. The van der Waals surface area contributed by atoms with E-state index < -0.39 is 22.3 Å². The molecule has 2 aromatic rings. The van der Waals surface area contributed by atoms with Crippen LogP contribution in [0.15, 0.2) is 71.0 Å². The van der Waals surface area contributed by atoms with Gasteiger partial charge in [0.1, 0.15) is 0 Å². The van der Waals surface area contributed by atoms with E-state index in [-0.39, 0.29) is 11.7 Å². The van der Waals surface area contributed by atoms with Crippen LogP contribution in [0.2, 0.25) is 0 Å². The number of benzene rings is 2. The van der Waals surface area contributed by atoms with Gasteiger partial charge in [-0.2, -0.15) is 0 Å². The molecule has 46 heavy (non-hydrogen) atoms. The Morgan fingerprint density at radius 2 is 1.83 bits per heavy atom. The lowest BCUT2D eigenvalue weighted by Gasteiger charge is -2.40. The lowest BCUT2D eigenvalue weighted by Crippen LogP contribution is -2.48. The number of ether oxygens (including phenoxy) is 1. The first-order valence-electron chi connectivity index (χ1n) is 15.8. The maximum atomic E-state index is 13.0. The second kappa shape index (κ2) is 16.2. The highest BCUT2D eigenvalue weighted by Gasteiger charge is 2.44. The molecule has 1 saturated heterocycles. The van der Waals surface area contributed by atoms with Crippen molar-refractivity contribution in [1.82, 2.24) is 15.1 Å². The Morgan fingerprint density at radius 3 is 2.41 bits per heavy atom. The minimum absolute atomic E-state index is 0.0456. The van der Waals surface area contributed by atoms with Gasteiger partial charge in [-0.1, -0.05) is 42.5 Å². The third-order valence-electron chi connectivity index (χ3n) is 9.19. The number of hydrogen-bond donors (Lipinski definition) is 2.